The Hall–Kier alpha value is -1.66. The van der Waals surface area contributed by atoms with Gasteiger partial charge in [-0.3, -0.25) is 9.36 Å². The first-order chi connectivity index (χ1) is 10.0. The summed E-state index contributed by atoms with van der Waals surface area (Å²) >= 11 is 0. The van der Waals surface area contributed by atoms with Crippen LogP contribution < -0.4 is 5.32 Å². The Bertz CT molecular complexity index is 561. The minimum atomic E-state index is 0.113. The van der Waals surface area contributed by atoms with Crippen LogP contribution in [-0.4, -0.2) is 37.3 Å². The van der Waals surface area contributed by atoms with Crippen molar-refractivity contribution >= 4 is 0 Å². The molecule has 0 aliphatic carbocycles. The Morgan fingerprint density at radius 2 is 2.10 bits per heavy atom. The molecule has 2 aromatic heterocycles. The lowest BCUT2D eigenvalue weighted by molar-refractivity contribution is 0.267. The standard InChI is InChI=1S/C15H25N5O/c1-11(13(3)19-7-5-6-17-19)16-10-15-12(2)18-20(8-9-21)14(15)4/h5-7,11,13,16,21H,8-10H2,1-4H3. The molecule has 0 saturated carbocycles. The number of nitrogens with zero attached hydrogens (tertiary/aromatic N) is 4. The van der Waals surface area contributed by atoms with Gasteiger partial charge in [-0.1, -0.05) is 0 Å². The van der Waals surface area contributed by atoms with Crippen LogP contribution in [0.1, 0.15) is 36.8 Å². The van der Waals surface area contributed by atoms with Crippen LogP contribution in [0.2, 0.25) is 0 Å². The Balaban J connectivity index is 1.99. The van der Waals surface area contributed by atoms with Crippen molar-refractivity contribution < 1.29 is 5.11 Å². The average molecular weight is 291 g/mol. The fourth-order valence-electron chi connectivity index (χ4n) is 2.49. The third-order valence-corrected chi connectivity index (χ3v) is 4.11. The molecule has 0 amide bonds. The van der Waals surface area contributed by atoms with E-state index in [1.165, 1.54) is 5.56 Å². The Morgan fingerprint density at radius 1 is 1.33 bits per heavy atom. The fourth-order valence-corrected chi connectivity index (χ4v) is 2.49. The van der Waals surface area contributed by atoms with Gasteiger partial charge in [0.25, 0.3) is 0 Å². The molecular weight excluding hydrogens is 266 g/mol. The second kappa shape index (κ2) is 6.87. The van der Waals surface area contributed by atoms with Crippen LogP contribution in [0.15, 0.2) is 18.5 Å². The largest absolute Gasteiger partial charge is 0.394 e. The molecular formula is C15H25N5O. The van der Waals surface area contributed by atoms with Crippen LogP contribution in [0, 0.1) is 13.8 Å². The van der Waals surface area contributed by atoms with Crippen molar-refractivity contribution in [1.82, 2.24) is 24.9 Å². The third-order valence-electron chi connectivity index (χ3n) is 4.11. The number of hydrogen-bond donors (Lipinski definition) is 2. The van der Waals surface area contributed by atoms with Crippen molar-refractivity contribution in [3.05, 3.63) is 35.4 Å². The molecule has 0 aromatic carbocycles. The Kier molecular flexibility index (Phi) is 5.14. The van der Waals surface area contributed by atoms with Crippen LogP contribution in [0.5, 0.6) is 0 Å². The molecule has 21 heavy (non-hydrogen) atoms. The molecule has 0 spiro atoms. The van der Waals surface area contributed by atoms with Crippen molar-refractivity contribution in [3.8, 4) is 0 Å². The topological polar surface area (TPSA) is 67.9 Å². The molecule has 2 unspecified atom stereocenters. The first-order valence-electron chi connectivity index (χ1n) is 7.40. The van der Waals surface area contributed by atoms with Gasteiger partial charge in [-0.2, -0.15) is 10.2 Å². The van der Waals surface area contributed by atoms with E-state index in [4.69, 9.17) is 5.11 Å². The van der Waals surface area contributed by atoms with Crippen LogP contribution in [0.3, 0.4) is 0 Å². The van der Waals surface area contributed by atoms with Crippen LogP contribution in [0.4, 0.5) is 0 Å². The molecule has 0 aliphatic rings. The number of rotatable bonds is 7. The predicted octanol–water partition coefficient (Wildman–Crippen LogP) is 1.43. The molecule has 0 radical (unpaired) electrons. The van der Waals surface area contributed by atoms with Gasteiger partial charge >= 0.3 is 0 Å². The third kappa shape index (κ3) is 3.51. The highest BCUT2D eigenvalue weighted by molar-refractivity contribution is 5.24. The van der Waals surface area contributed by atoms with E-state index in [0.29, 0.717) is 12.6 Å². The number of aliphatic hydroxyl groups excluding tert-OH is 1. The van der Waals surface area contributed by atoms with E-state index in [0.717, 1.165) is 17.9 Å². The minimum Gasteiger partial charge on any atom is -0.394 e. The second-order valence-electron chi connectivity index (χ2n) is 5.49. The summed E-state index contributed by atoms with van der Waals surface area (Å²) in [5, 5.41) is 21.4. The first kappa shape index (κ1) is 15.7. The van der Waals surface area contributed by atoms with Gasteiger partial charge in [-0.25, -0.2) is 0 Å². The lowest BCUT2D eigenvalue weighted by atomic mass is 10.1. The van der Waals surface area contributed by atoms with E-state index in [9.17, 15) is 0 Å². The molecule has 2 atom stereocenters. The highest BCUT2D eigenvalue weighted by atomic mass is 16.3. The quantitative estimate of drug-likeness (QED) is 0.810. The summed E-state index contributed by atoms with van der Waals surface area (Å²) in [6.45, 7) is 9.81. The maximum Gasteiger partial charge on any atom is 0.0644 e. The van der Waals surface area contributed by atoms with E-state index < -0.39 is 0 Å². The number of aryl methyl sites for hydroxylation is 1. The SMILES string of the molecule is Cc1nn(CCO)c(C)c1CNC(C)C(C)n1cccn1. The maximum atomic E-state index is 9.05. The normalized spacial score (nSPS) is 14.3. The zero-order chi connectivity index (χ0) is 15.4. The summed E-state index contributed by atoms with van der Waals surface area (Å²) < 4.78 is 3.83. The van der Waals surface area contributed by atoms with E-state index in [2.05, 4.69) is 29.4 Å². The number of hydrogen-bond acceptors (Lipinski definition) is 4. The van der Waals surface area contributed by atoms with Crippen molar-refractivity contribution in [2.24, 2.45) is 0 Å². The molecule has 0 aliphatic heterocycles. The fraction of sp³-hybridized carbons (Fsp3) is 0.600. The molecule has 6 nitrogen and oxygen atoms in total. The van der Waals surface area contributed by atoms with Gasteiger partial charge in [0.15, 0.2) is 0 Å². The highest BCUT2D eigenvalue weighted by Crippen LogP contribution is 2.15. The van der Waals surface area contributed by atoms with Gasteiger partial charge in [-0.05, 0) is 33.8 Å². The smallest absolute Gasteiger partial charge is 0.0644 e. The molecule has 2 heterocycles. The first-order valence-corrected chi connectivity index (χ1v) is 7.40. The summed E-state index contributed by atoms with van der Waals surface area (Å²) in [4.78, 5) is 0. The monoisotopic (exact) mass is 291 g/mol. The van der Waals surface area contributed by atoms with Crippen molar-refractivity contribution in [3.63, 3.8) is 0 Å². The van der Waals surface area contributed by atoms with Gasteiger partial charge in [0, 0.05) is 36.2 Å². The van der Waals surface area contributed by atoms with E-state index in [-0.39, 0.29) is 12.6 Å². The Morgan fingerprint density at radius 3 is 2.71 bits per heavy atom. The molecule has 116 valence electrons. The van der Waals surface area contributed by atoms with Gasteiger partial charge in [0.2, 0.25) is 0 Å². The summed E-state index contributed by atoms with van der Waals surface area (Å²) in [5.41, 5.74) is 3.35. The average Bonchev–Trinajstić information content (AvgIpc) is 3.07. The summed E-state index contributed by atoms with van der Waals surface area (Å²) in [7, 11) is 0. The van der Waals surface area contributed by atoms with Gasteiger partial charge < -0.3 is 10.4 Å². The lowest BCUT2D eigenvalue weighted by Gasteiger charge is -2.22. The zero-order valence-electron chi connectivity index (χ0n) is 13.2. The Labute approximate surface area is 125 Å². The van der Waals surface area contributed by atoms with E-state index in [1.54, 1.807) is 6.20 Å². The van der Waals surface area contributed by atoms with E-state index in [1.807, 2.05) is 35.5 Å². The number of nitrogens with one attached hydrogen (secondary N) is 1. The minimum absolute atomic E-state index is 0.113. The lowest BCUT2D eigenvalue weighted by Crippen LogP contribution is -2.33. The van der Waals surface area contributed by atoms with Gasteiger partial charge in [0.05, 0.1) is 24.9 Å². The molecule has 0 saturated heterocycles. The second-order valence-corrected chi connectivity index (χ2v) is 5.49. The molecule has 2 rings (SSSR count). The number of aromatic nitrogens is 4. The van der Waals surface area contributed by atoms with Crippen molar-refractivity contribution in [2.45, 2.75) is 52.9 Å². The zero-order valence-corrected chi connectivity index (χ0v) is 13.2. The van der Waals surface area contributed by atoms with Crippen molar-refractivity contribution in [2.75, 3.05) is 6.61 Å². The highest BCUT2D eigenvalue weighted by Gasteiger charge is 2.16. The summed E-state index contributed by atoms with van der Waals surface area (Å²) in [6, 6.07) is 2.52. The van der Waals surface area contributed by atoms with Gasteiger partial charge in [0.1, 0.15) is 0 Å². The van der Waals surface area contributed by atoms with Crippen LogP contribution >= 0.6 is 0 Å². The maximum absolute atomic E-state index is 9.05. The molecule has 6 heteroatoms. The van der Waals surface area contributed by atoms with Gasteiger partial charge in [-0.15, -0.1) is 0 Å². The summed E-state index contributed by atoms with van der Waals surface area (Å²) in [6.07, 6.45) is 3.79. The predicted molar refractivity (Wildman–Crippen MR) is 82.0 cm³/mol. The van der Waals surface area contributed by atoms with Crippen LogP contribution in [-0.2, 0) is 13.1 Å². The van der Waals surface area contributed by atoms with Crippen molar-refractivity contribution in [1.29, 1.82) is 0 Å². The molecule has 2 aromatic rings. The molecule has 2 N–H and O–H groups in total. The molecule has 0 bridgehead atoms. The van der Waals surface area contributed by atoms with E-state index >= 15 is 0 Å². The molecule has 0 fully saturated rings. The summed E-state index contributed by atoms with van der Waals surface area (Å²) in [5.74, 6) is 0. The number of aliphatic hydroxyl groups is 1. The van der Waals surface area contributed by atoms with Crippen LogP contribution in [0.25, 0.3) is 0 Å².